The summed E-state index contributed by atoms with van der Waals surface area (Å²) in [6, 6.07) is 9.62. The summed E-state index contributed by atoms with van der Waals surface area (Å²) < 4.78 is 19.1. The summed E-state index contributed by atoms with van der Waals surface area (Å²) in [5, 5.41) is -1.18. The molecule has 2 unspecified atom stereocenters. The molecule has 3 heteroatoms. The van der Waals surface area contributed by atoms with Crippen LogP contribution >= 0.6 is 11.8 Å². The van der Waals surface area contributed by atoms with Crippen molar-refractivity contribution in [3.8, 4) is 0 Å². The van der Waals surface area contributed by atoms with Crippen molar-refractivity contribution in [1.29, 1.82) is 0 Å². The van der Waals surface area contributed by atoms with Crippen molar-refractivity contribution in [2.45, 2.75) is 29.3 Å². The van der Waals surface area contributed by atoms with Crippen LogP contribution in [-0.4, -0.2) is 17.7 Å². The Morgan fingerprint density at radius 2 is 2.21 bits per heavy atom. The highest BCUT2D eigenvalue weighted by molar-refractivity contribution is 8.00. The lowest BCUT2D eigenvalue weighted by molar-refractivity contribution is 0.107. The molecule has 1 aliphatic carbocycles. The minimum absolute atomic E-state index is 0.210. The number of benzene rings is 1. The fourth-order valence-electron chi connectivity index (χ4n) is 1.37. The van der Waals surface area contributed by atoms with Crippen LogP contribution in [0.25, 0.3) is 0 Å². The second-order valence-corrected chi connectivity index (χ2v) is 4.70. The molecule has 1 saturated carbocycles. The van der Waals surface area contributed by atoms with Gasteiger partial charge in [0.1, 0.15) is 6.10 Å². The van der Waals surface area contributed by atoms with Crippen molar-refractivity contribution < 1.29 is 9.13 Å². The molecule has 0 amide bonds. The minimum atomic E-state index is -1.18. The molecule has 14 heavy (non-hydrogen) atoms. The first-order valence-electron chi connectivity index (χ1n) is 4.79. The predicted octanol–water partition coefficient (Wildman–Crippen LogP) is 3.25. The standard InChI is InChI=1S/C11H13FOS/c1-2-13-10-8-11(10,12)14-9-6-4-3-5-7-9/h3-7,10H,2,8H2,1H3. The molecule has 1 fully saturated rings. The summed E-state index contributed by atoms with van der Waals surface area (Å²) in [4.78, 5) is 0.970. The maximum Gasteiger partial charge on any atom is 0.189 e. The Hall–Kier alpha value is -0.540. The summed E-state index contributed by atoms with van der Waals surface area (Å²) in [7, 11) is 0. The summed E-state index contributed by atoms with van der Waals surface area (Å²) in [5.41, 5.74) is 0. The largest absolute Gasteiger partial charge is 0.374 e. The first-order valence-corrected chi connectivity index (χ1v) is 5.61. The van der Waals surface area contributed by atoms with Gasteiger partial charge in [-0.3, -0.25) is 0 Å². The molecule has 0 saturated heterocycles. The third kappa shape index (κ3) is 2.10. The van der Waals surface area contributed by atoms with E-state index in [0.717, 1.165) is 4.90 Å². The SMILES string of the molecule is CCOC1CC1(F)Sc1ccccc1. The van der Waals surface area contributed by atoms with Gasteiger partial charge in [-0.1, -0.05) is 30.0 Å². The highest BCUT2D eigenvalue weighted by Crippen LogP contribution is 2.54. The van der Waals surface area contributed by atoms with Gasteiger partial charge in [0, 0.05) is 17.9 Å². The van der Waals surface area contributed by atoms with Gasteiger partial charge in [-0.25, -0.2) is 4.39 Å². The monoisotopic (exact) mass is 212 g/mol. The summed E-state index contributed by atoms with van der Waals surface area (Å²) >= 11 is 1.27. The lowest BCUT2D eigenvalue weighted by Gasteiger charge is -2.06. The molecule has 0 N–H and O–H groups in total. The quantitative estimate of drug-likeness (QED) is 0.757. The van der Waals surface area contributed by atoms with Crippen LogP contribution in [0.15, 0.2) is 35.2 Å². The number of alkyl halides is 1. The molecule has 1 aliphatic rings. The zero-order valence-electron chi connectivity index (χ0n) is 8.07. The van der Waals surface area contributed by atoms with Crippen molar-refractivity contribution >= 4 is 11.8 Å². The van der Waals surface area contributed by atoms with E-state index in [4.69, 9.17) is 4.74 Å². The van der Waals surface area contributed by atoms with Gasteiger partial charge >= 0.3 is 0 Å². The molecule has 1 aromatic rings. The number of hydrogen-bond donors (Lipinski definition) is 0. The van der Waals surface area contributed by atoms with Crippen LogP contribution in [0.4, 0.5) is 4.39 Å². The molecule has 1 nitrogen and oxygen atoms in total. The van der Waals surface area contributed by atoms with E-state index in [9.17, 15) is 4.39 Å². The first kappa shape index (κ1) is 9.99. The summed E-state index contributed by atoms with van der Waals surface area (Å²) in [6.45, 7) is 2.48. The Kier molecular flexibility index (Phi) is 2.79. The zero-order chi connectivity index (χ0) is 10.0. The molecule has 2 rings (SSSR count). The van der Waals surface area contributed by atoms with Crippen LogP contribution in [-0.2, 0) is 4.74 Å². The van der Waals surface area contributed by atoms with Crippen molar-refractivity contribution in [2.24, 2.45) is 0 Å². The van der Waals surface area contributed by atoms with Crippen molar-refractivity contribution in [2.75, 3.05) is 6.61 Å². The molecule has 0 aliphatic heterocycles. The number of ether oxygens (including phenoxy) is 1. The molecule has 76 valence electrons. The Bertz CT molecular complexity index is 303. The van der Waals surface area contributed by atoms with Crippen LogP contribution in [0.1, 0.15) is 13.3 Å². The van der Waals surface area contributed by atoms with Gasteiger partial charge in [-0.15, -0.1) is 0 Å². The minimum Gasteiger partial charge on any atom is -0.374 e. The van der Waals surface area contributed by atoms with E-state index < -0.39 is 5.00 Å². The average molecular weight is 212 g/mol. The van der Waals surface area contributed by atoms with E-state index in [2.05, 4.69) is 0 Å². The van der Waals surface area contributed by atoms with Gasteiger partial charge < -0.3 is 4.74 Å². The maximum absolute atomic E-state index is 13.9. The van der Waals surface area contributed by atoms with Crippen molar-refractivity contribution in [3.63, 3.8) is 0 Å². The number of hydrogen-bond acceptors (Lipinski definition) is 2. The van der Waals surface area contributed by atoms with Crippen LogP contribution in [0, 0.1) is 0 Å². The predicted molar refractivity (Wildman–Crippen MR) is 56.2 cm³/mol. The van der Waals surface area contributed by atoms with E-state index in [1.165, 1.54) is 11.8 Å². The third-order valence-corrected chi connectivity index (χ3v) is 3.46. The summed E-state index contributed by atoms with van der Waals surface area (Å²) in [6.07, 6.45) is 0.304. The number of halogens is 1. The van der Waals surface area contributed by atoms with E-state index in [1.807, 2.05) is 37.3 Å². The van der Waals surface area contributed by atoms with Crippen LogP contribution in [0.5, 0.6) is 0 Å². The normalized spacial score (nSPS) is 30.3. The summed E-state index contributed by atoms with van der Waals surface area (Å²) in [5.74, 6) is 0. The molecule has 0 heterocycles. The van der Waals surface area contributed by atoms with E-state index in [-0.39, 0.29) is 6.10 Å². The Morgan fingerprint density at radius 1 is 1.50 bits per heavy atom. The van der Waals surface area contributed by atoms with Gasteiger partial charge in [0.15, 0.2) is 5.00 Å². The average Bonchev–Trinajstić information content (AvgIpc) is 2.78. The van der Waals surface area contributed by atoms with Crippen LogP contribution < -0.4 is 0 Å². The Morgan fingerprint density at radius 3 is 2.86 bits per heavy atom. The molecule has 0 aromatic heterocycles. The smallest absolute Gasteiger partial charge is 0.189 e. The Balaban J connectivity index is 1.94. The maximum atomic E-state index is 13.9. The number of thioether (sulfide) groups is 1. The molecule has 2 atom stereocenters. The lowest BCUT2D eigenvalue weighted by Crippen LogP contribution is -2.05. The van der Waals surface area contributed by atoms with Gasteiger partial charge in [0.05, 0.1) is 0 Å². The topological polar surface area (TPSA) is 9.23 Å². The lowest BCUT2D eigenvalue weighted by atomic mass is 10.4. The molecular weight excluding hydrogens is 199 g/mol. The number of rotatable bonds is 4. The van der Waals surface area contributed by atoms with E-state index in [0.29, 0.717) is 13.0 Å². The molecule has 0 spiro atoms. The zero-order valence-corrected chi connectivity index (χ0v) is 8.89. The van der Waals surface area contributed by atoms with E-state index >= 15 is 0 Å². The highest BCUT2D eigenvalue weighted by Gasteiger charge is 2.57. The molecule has 0 bridgehead atoms. The van der Waals surface area contributed by atoms with Crippen LogP contribution in [0.2, 0.25) is 0 Å². The second kappa shape index (κ2) is 3.91. The van der Waals surface area contributed by atoms with E-state index in [1.54, 1.807) is 0 Å². The van der Waals surface area contributed by atoms with Gasteiger partial charge in [-0.2, -0.15) is 0 Å². The Labute approximate surface area is 87.7 Å². The first-order chi connectivity index (χ1) is 6.74. The fraction of sp³-hybridized carbons (Fsp3) is 0.455. The van der Waals surface area contributed by atoms with Crippen molar-refractivity contribution in [3.05, 3.63) is 30.3 Å². The van der Waals surface area contributed by atoms with Gasteiger partial charge in [-0.05, 0) is 19.1 Å². The molecule has 1 aromatic carbocycles. The molecule has 0 radical (unpaired) electrons. The third-order valence-electron chi connectivity index (χ3n) is 2.18. The second-order valence-electron chi connectivity index (χ2n) is 3.35. The van der Waals surface area contributed by atoms with Crippen LogP contribution in [0.3, 0.4) is 0 Å². The van der Waals surface area contributed by atoms with Gasteiger partial charge in [0.2, 0.25) is 0 Å². The molecular formula is C11H13FOS. The highest BCUT2D eigenvalue weighted by atomic mass is 32.2. The fourth-order valence-corrected chi connectivity index (χ4v) is 2.49. The van der Waals surface area contributed by atoms with Crippen molar-refractivity contribution in [1.82, 2.24) is 0 Å². The van der Waals surface area contributed by atoms with Gasteiger partial charge in [0.25, 0.3) is 0 Å².